The first-order valence-corrected chi connectivity index (χ1v) is 11.2. The summed E-state index contributed by atoms with van der Waals surface area (Å²) in [5.74, 6) is 2.63. The number of aromatic nitrogens is 2. The summed E-state index contributed by atoms with van der Waals surface area (Å²) in [4.78, 5) is 11.5. The molecular formula is C25H34IN5O. The molecule has 1 aliphatic heterocycles. The molecule has 1 aromatic heterocycles. The zero-order chi connectivity index (χ0) is 21.5. The monoisotopic (exact) mass is 547 g/mol. The number of benzene rings is 2. The highest BCUT2D eigenvalue weighted by molar-refractivity contribution is 14.0. The van der Waals surface area contributed by atoms with Crippen molar-refractivity contribution in [3.8, 4) is 0 Å². The minimum atomic E-state index is 0. The van der Waals surface area contributed by atoms with Crippen molar-refractivity contribution in [3.05, 3.63) is 66.0 Å². The molecule has 7 heteroatoms. The van der Waals surface area contributed by atoms with Gasteiger partial charge in [-0.15, -0.1) is 24.0 Å². The molecule has 1 saturated heterocycles. The fourth-order valence-electron chi connectivity index (χ4n) is 4.33. The number of hydrogen-bond donors (Lipinski definition) is 1. The van der Waals surface area contributed by atoms with Crippen molar-refractivity contribution < 1.29 is 4.74 Å². The molecule has 32 heavy (non-hydrogen) atoms. The van der Waals surface area contributed by atoms with E-state index in [9.17, 15) is 0 Å². The zero-order valence-electron chi connectivity index (χ0n) is 19.0. The summed E-state index contributed by atoms with van der Waals surface area (Å²) in [5, 5.41) is 3.55. The molecule has 0 radical (unpaired) electrons. The zero-order valence-corrected chi connectivity index (χ0v) is 21.4. The summed E-state index contributed by atoms with van der Waals surface area (Å²) in [6.45, 7) is 7.44. The molecule has 0 aliphatic carbocycles. The van der Waals surface area contributed by atoms with Gasteiger partial charge in [0.2, 0.25) is 0 Å². The number of aliphatic imine (C=N–C) groups is 1. The van der Waals surface area contributed by atoms with Crippen LogP contribution in [0.1, 0.15) is 24.2 Å². The van der Waals surface area contributed by atoms with Crippen LogP contribution in [-0.2, 0) is 17.9 Å². The Hall–Kier alpha value is -2.13. The van der Waals surface area contributed by atoms with E-state index in [4.69, 9.17) is 4.74 Å². The lowest BCUT2D eigenvalue weighted by molar-refractivity contribution is 0.0907. The minimum Gasteiger partial charge on any atom is -0.376 e. The molecule has 0 saturated carbocycles. The van der Waals surface area contributed by atoms with E-state index >= 15 is 0 Å². The lowest BCUT2D eigenvalue weighted by Gasteiger charge is -2.22. The van der Waals surface area contributed by atoms with Crippen LogP contribution in [0.4, 0.5) is 0 Å². The Bertz CT molecular complexity index is 1000. The molecule has 3 aromatic rings. The van der Waals surface area contributed by atoms with Crippen LogP contribution in [0.3, 0.4) is 0 Å². The second-order valence-electron chi connectivity index (χ2n) is 8.23. The quantitative estimate of drug-likeness (QED) is 0.196. The molecule has 0 amide bonds. The van der Waals surface area contributed by atoms with Gasteiger partial charge in [0, 0.05) is 39.1 Å². The second-order valence-corrected chi connectivity index (χ2v) is 8.23. The van der Waals surface area contributed by atoms with Crippen molar-refractivity contribution in [2.24, 2.45) is 10.9 Å². The molecule has 1 unspecified atom stereocenters. The highest BCUT2D eigenvalue weighted by Gasteiger charge is 2.24. The number of imidazole rings is 1. The van der Waals surface area contributed by atoms with Gasteiger partial charge >= 0.3 is 0 Å². The van der Waals surface area contributed by atoms with Gasteiger partial charge < -0.3 is 19.5 Å². The number of rotatable bonds is 8. The number of guanidine groups is 1. The average Bonchev–Trinajstić information content (AvgIpc) is 3.39. The van der Waals surface area contributed by atoms with E-state index in [0.717, 1.165) is 62.9 Å². The van der Waals surface area contributed by atoms with E-state index in [1.807, 2.05) is 19.2 Å². The number of hydrogen-bond acceptors (Lipinski definition) is 3. The smallest absolute Gasteiger partial charge is 0.193 e. The molecule has 0 spiro atoms. The number of likely N-dealkylation sites (tertiary alicyclic amines) is 1. The standard InChI is InChI=1S/C25H33N5O.HI/c1-20-28-23-11-6-7-12-24(23)30(20)15-8-14-27-25(26-2)29-16-13-22(17-29)19-31-18-21-9-4-3-5-10-21;/h3-7,9-12,22H,8,13-19H2,1-2H3,(H,26,27);1H. The normalized spacial score (nSPS) is 16.4. The largest absolute Gasteiger partial charge is 0.376 e. The second kappa shape index (κ2) is 12.2. The summed E-state index contributed by atoms with van der Waals surface area (Å²) in [5.41, 5.74) is 3.51. The predicted molar refractivity (Wildman–Crippen MR) is 142 cm³/mol. The number of fused-ring (bicyclic) bond motifs is 1. The lowest BCUT2D eigenvalue weighted by atomic mass is 10.1. The van der Waals surface area contributed by atoms with Gasteiger partial charge in [0.05, 0.1) is 24.2 Å². The average molecular weight is 547 g/mol. The van der Waals surface area contributed by atoms with E-state index in [0.29, 0.717) is 12.5 Å². The van der Waals surface area contributed by atoms with E-state index in [2.05, 4.69) is 74.1 Å². The van der Waals surface area contributed by atoms with Gasteiger partial charge in [-0.05, 0) is 37.5 Å². The SMILES string of the molecule is CN=C(NCCCn1c(C)nc2ccccc21)N1CCC(COCc2ccccc2)C1.I. The van der Waals surface area contributed by atoms with Crippen LogP contribution in [0.5, 0.6) is 0 Å². The first-order chi connectivity index (χ1) is 15.2. The van der Waals surface area contributed by atoms with Gasteiger partial charge in [0.15, 0.2) is 5.96 Å². The molecule has 0 bridgehead atoms. The van der Waals surface area contributed by atoms with Crippen LogP contribution in [0, 0.1) is 12.8 Å². The first kappa shape index (κ1) is 24.5. The Kier molecular flexibility index (Phi) is 9.35. The number of ether oxygens (including phenoxy) is 1. The minimum absolute atomic E-state index is 0. The van der Waals surface area contributed by atoms with Crippen LogP contribution in [-0.4, -0.2) is 53.7 Å². The maximum atomic E-state index is 5.96. The van der Waals surface area contributed by atoms with E-state index < -0.39 is 0 Å². The number of aryl methyl sites for hydroxylation is 2. The maximum absolute atomic E-state index is 5.96. The van der Waals surface area contributed by atoms with Gasteiger partial charge in [0.25, 0.3) is 0 Å². The molecule has 172 valence electrons. The van der Waals surface area contributed by atoms with Gasteiger partial charge in [-0.25, -0.2) is 4.98 Å². The first-order valence-electron chi connectivity index (χ1n) is 11.2. The van der Waals surface area contributed by atoms with Gasteiger partial charge in [-0.3, -0.25) is 4.99 Å². The Morgan fingerprint density at radius 3 is 2.75 bits per heavy atom. The van der Waals surface area contributed by atoms with E-state index in [1.54, 1.807) is 0 Å². The molecule has 1 N–H and O–H groups in total. The third-order valence-corrected chi connectivity index (χ3v) is 5.95. The van der Waals surface area contributed by atoms with Crippen molar-refractivity contribution in [2.45, 2.75) is 32.9 Å². The van der Waals surface area contributed by atoms with Crippen molar-refractivity contribution in [1.29, 1.82) is 0 Å². The third kappa shape index (κ3) is 6.22. The van der Waals surface area contributed by atoms with Crippen LogP contribution in [0.2, 0.25) is 0 Å². The van der Waals surface area contributed by atoms with Gasteiger partial charge in [0.1, 0.15) is 5.82 Å². The number of halogens is 1. The van der Waals surface area contributed by atoms with E-state index in [-0.39, 0.29) is 24.0 Å². The van der Waals surface area contributed by atoms with Crippen molar-refractivity contribution >= 4 is 41.0 Å². The Morgan fingerprint density at radius 1 is 1.16 bits per heavy atom. The summed E-state index contributed by atoms with van der Waals surface area (Å²) in [6.07, 6.45) is 2.17. The molecule has 2 aromatic carbocycles. The Balaban J connectivity index is 0.00000289. The van der Waals surface area contributed by atoms with Crippen LogP contribution < -0.4 is 5.32 Å². The molecular weight excluding hydrogens is 513 g/mol. The Morgan fingerprint density at radius 2 is 1.94 bits per heavy atom. The Labute approximate surface area is 208 Å². The fraction of sp³-hybridized carbons (Fsp3) is 0.440. The van der Waals surface area contributed by atoms with E-state index in [1.165, 1.54) is 11.1 Å². The molecule has 1 aliphatic rings. The summed E-state index contributed by atoms with van der Waals surface area (Å²) in [6, 6.07) is 18.7. The molecule has 2 heterocycles. The number of nitrogens with zero attached hydrogens (tertiary/aromatic N) is 4. The topological polar surface area (TPSA) is 54.7 Å². The number of para-hydroxylation sites is 2. The van der Waals surface area contributed by atoms with Crippen molar-refractivity contribution in [2.75, 3.05) is 33.3 Å². The predicted octanol–water partition coefficient (Wildman–Crippen LogP) is 4.47. The van der Waals surface area contributed by atoms with Crippen molar-refractivity contribution in [3.63, 3.8) is 0 Å². The number of nitrogens with one attached hydrogen (secondary N) is 1. The molecule has 1 fully saturated rings. The van der Waals surface area contributed by atoms with Crippen LogP contribution >= 0.6 is 24.0 Å². The third-order valence-electron chi connectivity index (χ3n) is 5.95. The summed E-state index contributed by atoms with van der Waals surface area (Å²) < 4.78 is 8.26. The summed E-state index contributed by atoms with van der Waals surface area (Å²) >= 11 is 0. The summed E-state index contributed by atoms with van der Waals surface area (Å²) in [7, 11) is 1.87. The highest BCUT2D eigenvalue weighted by atomic mass is 127. The highest BCUT2D eigenvalue weighted by Crippen LogP contribution is 2.18. The fourth-order valence-corrected chi connectivity index (χ4v) is 4.33. The molecule has 4 rings (SSSR count). The molecule has 6 nitrogen and oxygen atoms in total. The molecule has 1 atom stereocenters. The van der Waals surface area contributed by atoms with Gasteiger partial charge in [-0.2, -0.15) is 0 Å². The van der Waals surface area contributed by atoms with Gasteiger partial charge in [-0.1, -0.05) is 42.5 Å². The lowest BCUT2D eigenvalue weighted by Crippen LogP contribution is -2.40. The van der Waals surface area contributed by atoms with Crippen molar-refractivity contribution in [1.82, 2.24) is 19.8 Å². The maximum Gasteiger partial charge on any atom is 0.193 e. The van der Waals surface area contributed by atoms with Crippen LogP contribution in [0.25, 0.3) is 11.0 Å². The van der Waals surface area contributed by atoms with Crippen LogP contribution in [0.15, 0.2) is 59.6 Å².